The molecule has 88 valence electrons. The largest absolute Gasteiger partial charge is 0.465 e. The normalized spacial score (nSPS) is 11.6. The van der Waals surface area contributed by atoms with Gasteiger partial charge in [0.15, 0.2) is 0 Å². The molecule has 16 heavy (non-hydrogen) atoms. The van der Waals surface area contributed by atoms with Crippen LogP contribution >= 0.6 is 0 Å². The zero-order valence-corrected chi connectivity index (χ0v) is 10.6. The molecule has 0 bridgehead atoms. The maximum absolute atomic E-state index is 11.3. The van der Waals surface area contributed by atoms with E-state index in [4.69, 9.17) is 0 Å². The third kappa shape index (κ3) is 2.42. The predicted octanol–water partition coefficient (Wildman–Crippen LogP) is 2.27. The van der Waals surface area contributed by atoms with E-state index in [1.807, 2.05) is 26.2 Å². The molecular formula is C13H19NO2. The molecule has 0 fully saturated rings. The lowest BCUT2D eigenvalue weighted by atomic mass is 9.92. The molecule has 0 atom stereocenters. The minimum absolute atomic E-state index is 0.0470. The van der Waals surface area contributed by atoms with E-state index in [0.717, 1.165) is 0 Å². The Balaban J connectivity index is 2.99. The van der Waals surface area contributed by atoms with Crippen LogP contribution in [0.3, 0.4) is 0 Å². The smallest absolute Gasteiger partial charge is 0.337 e. The zero-order valence-electron chi connectivity index (χ0n) is 10.6. The average Bonchev–Trinajstić information content (AvgIpc) is 2.28. The SMILES string of the molecule is COC(=O)c1ccc(C(C)(C)N(C)C)cc1. The number of rotatable bonds is 3. The summed E-state index contributed by atoms with van der Waals surface area (Å²) in [4.78, 5) is 13.4. The summed E-state index contributed by atoms with van der Waals surface area (Å²) in [6.45, 7) is 4.28. The van der Waals surface area contributed by atoms with E-state index in [0.29, 0.717) is 5.56 Å². The first kappa shape index (κ1) is 12.7. The first-order valence-electron chi connectivity index (χ1n) is 5.26. The molecule has 0 radical (unpaired) electrons. The summed E-state index contributed by atoms with van der Waals surface area (Å²) >= 11 is 0. The number of nitrogens with zero attached hydrogens (tertiary/aromatic N) is 1. The van der Waals surface area contributed by atoms with Crippen molar-refractivity contribution < 1.29 is 9.53 Å². The molecule has 1 aromatic rings. The van der Waals surface area contributed by atoms with Gasteiger partial charge in [0.25, 0.3) is 0 Å². The van der Waals surface area contributed by atoms with Crippen LogP contribution in [0.25, 0.3) is 0 Å². The van der Waals surface area contributed by atoms with E-state index in [-0.39, 0.29) is 11.5 Å². The average molecular weight is 221 g/mol. The summed E-state index contributed by atoms with van der Waals surface area (Å²) in [7, 11) is 5.46. The fraction of sp³-hybridized carbons (Fsp3) is 0.462. The van der Waals surface area contributed by atoms with Crippen molar-refractivity contribution in [2.75, 3.05) is 21.2 Å². The molecule has 1 aromatic carbocycles. The van der Waals surface area contributed by atoms with E-state index in [1.54, 1.807) is 12.1 Å². The highest BCUT2D eigenvalue weighted by Crippen LogP contribution is 2.25. The molecule has 0 aliphatic rings. The van der Waals surface area contributed by atoms with Crippen LogP contribution in [0, 0.1) is 0 Å². The van der Waals surface area contributed by atoms with E-state index in [9.17, 15) is 4.79 Å². The molecule has 0 aromatic heterocycles. The minimum Gasteiger partial charge on any atom is -0.465 e. The van der Waals surface area contributed by atoms with Gasteiger partial charge in [0, 0.05) is 5.54 Å². The fourth-order valence-corrected chi connectivity index (χ4v) is 1.39. The standard InChI is InChI=1S/C13H19NO2/c1-13(2,14(3)4)11-8-6-10(7-9-11)12(15)16-5/h6-9H,1-5H3. The van der Waals surface area contributed by atoms with E-state index >= 15 is 0 Å². The number of ether oxygens (including phenoxy) is 1. The summed E-state index contributed by atoms with van der Waals surface area (Å²) in [5.41, 5.74) is 1.71. The molecule has 0 unspecified atom stereocenters. The van der Waals surface area contributed by atoms with Gasteiger partial charge in [0.1, 0.15) is 0 Å². The molecule has 0 amide bonds. The van der Waals surface area contributed by atoms with Crippen LogP contribution in [0.1, 0.15) is 29.8 Å². The third-order valence-electron chi connectivity index (χ3n) is 3.13. The highest BCUT2D eigenvalue weighted by Gasteiger charge is 2.22. The Kier molecular flexibility index (Phi) is 3.70. The molecule has 3 nitrogen and oxygen atoms in total. The predicted molar refractivity (Wildman–Crippen MR) is 64.5 cm³/mol. The fourth-order valence-electron chi connectivity index (χ4n) is 1.39. The van der Waals surface area contributed by atoms with Crippen molar-refractivity contribution in [2.45, 2.75) is 19.4 Å². The number of carbonyl (C=O) groups excluding carboxylic acids is 1. The van der Waals surface area contributed by atoms with Gasteiger partial charge in [-0.05, 0) is 45.6 Å². The lowest BCUT2D eigenvalue weighted by Gasteiger charge is -2.33. The molecule has 1 rings (SSSR count). The van der Waals surface area contributed by atoms with Gasteiger partial charge in [-0.25, -0.2) is 4.79 Å². The van der Waals surface area contributed by atoms with Crippen molar-refractivity contribution in [1.82, 2.24) is 4.90 Å². The number of hydrogen-bond donors (Lipinski definition) is 0. The van der Waals surface area contributed by atoms with E-state index in [1.165, 1.54) is 12.7 Å². The first-order chi connectivity index (χ1) is 7.39. The van der Waals surface area contributed by atoms with Gasteiger partial charge in [-0.1, -0.05) is 12.1 Å². The van der Waals surface area contributed by atoms with Gasteiger partial charge < -0.3 is 9.64 Å². The lowest BCUT2D eigenvalue weighted by Crippen LogP contribution is -2.35. The molecule has 3 heteroatoms. The van der Waals surface area contributed by atoms with E-state index in [2.05, 4.69) is 23.5 Å². The topological polar surface area (TPSA) is 29.5 Å². The molecule has 0 N–H and O–H groups in total. The Morgan fingerprint density at radius 1 is 1.19 bits per heavy atom. The second-order valence-electron chi connectivity index (χ2n) is 4.52. The molecule has 0 saturated carbocycles. The summed E-state index contributed by atoms with van der Waals surface area (Å²) in [5.74, 6) is -0.297. The third-order valence-corrected chi connectivity index (χ3v) is 3.13. The first-order valence-corrected chi connectivity index (χ1v) is 5.26. The number of hydrogen-bond acceptors (Lipinski definition) is 3. The summed E-state index contributed by atoms with van der Waals surface area (Å²) < 4.78 is 4.66. The molecule has 0 saturated heterocycles. The number of esters is 1. The maximum Gasteiger partial charge on any atom is 0.337 e. The second kappa shape index (κ2) is 4.66. The molecule has 0 aliphatic heterocycles. The zero-order chi connectivity index (χ0) is 12.3. The van der Waals surface area contributed by atoms with Gasteiger partial charge in [-0.3, -0.25) is 0 Å². The number of methoxy groups -OCH3 is 1. The number of carbonyl (C=O) groups is 1. The van der Waals surface area contributed by atoms with Crippen LogP contribution in [-0.2, 0) is 10.3 Å². The van der Waals surface area contributed by atoms with Crippen molar-refractivity contribution >= 4 is 5.97 Å². The van der Waals surface area contributed by atoms with E-state index < -0.39 is 0 Å². The lowest BCUT2D eigenvalue weighted by molar-refractivity contribution is 0.0600. The van der Waals surface area contributed by atoms with Crippen LogP contribution in [0.4, 0.5) is 0 Å². The van der Waals surface area contributed by atoms with Gasteiger partial charge in [0.2, 0.25) is 0 Å². The second-order valence-corrected chi connectivity index (χ2v) is 4.52. The van der Waals surface area contributed by atoms with Crippen LogP contribution < -0.4 is 0 Å². The van der Waals surface area contributed by atoms with Crippen molar-refractivity contribution in [3.8, 4) is 0 Å². The van der Waals surface area contributed by atoms with Crippen molar-refractivity contribution in [1.29, 1.82) is 0 Å². The Bertz CT molecular complexity index is 366. The Labute approximate surface area is 97.0 Å². The Hall–Kier alpha value is -1.35. The van der Waals surface area contributed by atoms with Gasteiger partial charge in [-0.15, -0.1) is 0 Å². The van der Waals surface area contributed by atoms with Gasteiger partial charge >= 0.3 is 5.97 Å². The van der Waals surface area contributed by atoms with Crippen LogP contribution in [-0.4, -0.2) is 32.1 Å². The molecule has 0 spiro atoms. The molecule has 0 heterocycles. The molecule has 0 aliphatic carbocycles. The number of benzene rings is 1. The highest BCUT2D eigenvalue weighted by atomic mass is 16.5. The van der Waals surface area contributed by atoms with Crippen LogP contribution in [0.15, 0.2) is 24.3 Å². The highest BCUT2D eigenvalue weighted by molar-refractivity contribution is 5.89. The molecular weight excluding hydrogens is 202 g/mol. The summed E-state index contributed by atoms with van der Waals surface area (Å²) in [6.07, 6.45) is 0. The van der Waals surface area contributed by atoms with Crippen LogP contribution in [0.2, 0.25) is 0 Å². The Morgan fingerprint density at radius 3 is 2.06 bits per heavy atom. The maximum atomic E-state index is 11.3. The Morgan fingerprint density at radius 2 is 1.69 bits per heavy atom. The quantitative estimate of drug-likeness (QED) is 0.733. The minimum atomic E-state index is -0.297. The summed E-state index contributed by atoms with van der Waals surface area (Å²) in [6, 6.07) is 7.53. The van der Waals surface area contributed by atoms with Crippen LogP contribution in [0.5, 0.6) is 0 Å². The van der Waals surface area contributed by atoms with Gasteiger partial charge in [0.05, 0.1) is 12.7 Å². The van der Waals surface area contributed by atoms with Crippen molar-refractivity contribution in [3.63, 3.8) is 0 Å². The van der Waals surface area contributed by atoms with Crippen molar-refractivity contribution in [2.24, 2.45) is 0 Å². The summed E-state index contributed by atoms with van der Waals surface area (Å²) in [5, 5.41) is 0. The monoisotopic (exact) mass is 221 g/mol. The van der Waals surface area contributed by atoms with Crippen molar-refractivity contribution in [3.05, 3.63) is 35.4 Å². The van der Waals surface area contributed by atoms with Gasteiger partial charge in [-0.2, -0.15) is 0 Å².